The molecular formula is C15H25N3. The fourth-order valence-electron chi connectivity index (χ4n) is 2.68. The van der Waals surface area contributed by atoms with Crippen LogP contribution >= 0.6 is 0 Å². The van der Waals surface area contributed by atoms with Crippen molar-refractivity contribution >= 4 is 0 Å². The number of aromatic nitrogens is 1. The molecule has 0 bridgehead atoms. The van der Waals surface area contributed by atoms with Crippen molar-refractivity contribution in [3.63, 3.8) is 0 Å². The summed E-state index contributed by atoms with van der Waals surface area (Å²) in [5, 5.41) is 3.64. The summed E-state index contributed by atoms with van der Waals surface area (Å²) >= 11 is 0. The standard InChI is InChI=1S/C15H25N3/c1-4-14-11-18(15(5-2)9-17-14)10-13-8-16-7-6-12(13)3/h6-8,14-15,17H,4-5,9-11H2,1-3H3. The molecule has 18 heavy (non-hydrogen) atoms. The lowest BCUT2D eigenvalue weighted by Gasteiger charge is -2.40. The van der Waals surface area contributed by atoms with Crippen molar-refractivity contribution in [1.82, 2.24) is 15.2 Å². The van der Waals surface area contributed by atoms with E-state index in [4.69, 9.17) is 0 Å². The smallest absolute Gasteiger partial charge is 0.0315 e. The summed E-state index contributed by atoms with van der Waals surface area (Å²) < 4.78 is 0. The van der Waals surface area contributed by atoms with E-state index in [0.29, 0.717) is 12.1 Å². The zero-order valence-electron chi connectivity index (χ0n) is 11.8. The lowest BCUT2D eigenvalue weighted by atomic mass is 10.0. The maximum absolute atomic E-state index is 4.26. The molecule has 1 aliphatic rings. The minimum atomic E-state index is 0.643. The Labute approximate surface area is 111 Å². The number of pyridine rings is 1. The van der Waals surface area contributed by atoms with Gasteiger partial charge >= 0.3 is 0 Å². The fourth-order valence-corrected chi connectivity index (χ4v) is 2.68. The molecule has 2 rings (SSSR count). The van der Waals surface area contributed by atoms with Crippen molar-refractivity contribution in [2.24, 2.45) is 0 Å². The summed E-state index contributed by atoms with van der Waals surface area (Å²) in [7, 11) is 0. The van der Waals surface area contributed by atoms with Gasteiger partial charge in [0.05, 0.1) is 0 Å². The molecule has 1 aromatic heterocycles. The molecule has 2 unspecified atom stereocenters. The molecule has 1 saturated heterocycles. The molecular weight excluding hydrogens is 222 g/mol. The van der Waals surface area contributed by atoms with E-state index < -0.39 is 0 Å². The Hall–Kier alpha value is -0.930. The molecule has 100 valence electrons. The molecule has 1 aromatic rings. The van der Waals surface area contributed by atoms with Gasteiger partial charge in [-0.25, -0.2) is 0 Å². The van der Waals surface area contributed by atoms with E-state index in [1.54, 1.807) is 0 Å². The van der Waals surface area contributed by atoms with Crippen LogP contribution in [0.15, 0.2) is 18.5 Å². The number of nitrogens with one attached hydrogen (secondary N) is 1. The monoisotopic (exact) mass is 247 g/mol. The Morgan fingerprint density at radius 3 is 2.89 bits per heavy atom. The van der Waals surface area contributed by atoms with E-state index in [1.807, 2.05) is 12.4 Å². The van der Waals surface area contributed by atoms with E-state index in [1.165, 1.54) is 24.0 Å². The quantitative estimate of drug-likeness (QED) is 0.885. The number of hydrogen-bond donors (Lipinski definition) is 1. The van der Waals surface area contributed by atoms with Crippen LogP contribution in [0.3, 0.4) is 0 Å². The van der Waals surface area contributed by atoms with Gasteiger partial charge in [0.25, 0.3) is 0 Å². The second-order valence-electron chi connectivity index (χ2n) is 5.31. The second-order valence-corrected chi connectivity index (χ2v) is 5.31. The van der Waals surface area contributed by atoms with Crippen molar-refractivity contribution in [2.45, 2.75) is 52.2 Å². The third-order valence-corrected chi connectivity index (χ3v) is 4.10. The van der Waals surface area contributed by atoms with Crippen LogP contribution in [-0.4, -0.2) is 35.1 Å². The zero-order valence-corrected chi connectivity index (χ0v) is 11.8. The summed E-state index contributed by atoms with van der Waals surface area (Å²) in [5.41, 5.74) is 2.72. The van der Waals surface area contributed by atoms with Gasteiger partial charge in [0.2, 0.25) is 0 Å². The summed E-state index contributed by atoms with van der Waals surface area (Å²) in [6, 6.07) is 3.41. The molecule has 0 spiro atoms. The molecule has 3 heteroatoms. The van der Waals surface area contributed by atoms with Gasteiger partial charge in [-0.05, 0) is 37.0 Å². The van der Waals surface area contributed by atoms with Gasteiger partial charge in [-0.3, -0.25) is 9.88 Å². The molecule has 0 radical (unpaired) electrons. The van der Waals surface area contributed by atoms with Crippen LogP contribution in [0.5, 0.6) is 0 Å². The predicted octanol–water partition coefficient (Wildman–Crippen LogP) is 2.35. The van der Waals surface area contributed by atoms with Gasteiger partial charge in [-0.15, -0.1) is 0 Å². The van der Waals surface area contributed by atoms with Crippen molar-refractivity contribution in [3.05, 3.63) is 29.6 Å². The molecule has 1 aliphatic heterocycles. The Kier molecular flexibility index (Phi) is 4.72. The number of piperazine rings is 1. The van der Waals surface area contributed by atoms with Gasteiger partial charge in [0.15, 0.2) is 0 Å². The summed E-state index contributed by atoms with van der Waals surface area (Å²) in [6.45, 7) is 10.0. The average molecular weight is 247 g/mol. The molecule has 2 atom stereocenters. The molecule has 0 aliphatic carbocycles. The van der Waals surface area contributed by atoms with Crippen LogP contribution in [-0.2, 0) is 6.54 Å². The lowest BCUT2D eigenvalue weighted by Crippen LogP contribution is -2.55. The normalized spacial score (nSPS) is 25.3. The van der Waals surface area contributed by atoms with Crippen molar-refractivity contribution in [3.8, 4) is 0 Å². The van der Waals surface area contributed by atoms with E-state index in [-0.39, 0.29) is 0 Å². The minimum Gasteiger partial charge on any atom is -0.311 e. The zero-order chi connectivity index (χ0) is 13.0. The SMILES string of the molecule is CCC1CN(Cc2cnccc2C)C(CC)CN1. The van der Waals surface area contributed by atoms with Crippen LogP contribution < -0.4 is 5.32 Å². The van der Waals surface area contributed by atoms with Gasteiger partial charge in [-0.1, -0.05) is 13.8 Å². The first-order valence-electron chi connectivity index (χ1n) is 7.11. The van der Waals surface area contributed by atoms with Crippen LogP contribution in [0.25, 0.3) is 0 Å². The first kappa shape index (κ1) is 13.5. The maximum Gasteiger partial charge on any atom is 0.0315 e. The number of aryl methyl sites for hydroxylation is 1. The third kappa shape index (κ3) is 3.09. The van der Waals surface area contributed by atoms with Crippen molar-refractivity contribution < 1.29 is 0 Å². The van der Waals surface area contributed by atoms with Gasteiger partial charge in [0.1, 0.15) is 0 Å². The second kappa shape index (κ2) is 6.30. The van der Waals surface area contributed by atoms with Crippen molar-refractivity contribution in [2.75, 3.05) is 13.1 Å². The molecule has 0 saturated carbocycles. The Balaban J connectivity index is 2.07. The highest BCUT2D eigenvalue weighted by Crippen LogP contribution is 2.17. The Bertz CT molecular complexity index is 378. The van der Waals surface area contributed by atoms with E-state index in [2.05, 4.69) is 42.0 Å². The molecule has 3 nitrogen and oxygen atoms in total. The van der Waals surface area contributed by atoms with E-state index >= 15 is 0 Å². The number of hydrogen-bond acceptors (Lipinski definition) is 3. The summed E-state index contributed by atoms with van der Waals surface area (Å²) in [4.78, 5) is 6.88. The van der Waals surface area contributed by atoms with E-state index in [9.17, 15) is 0 Å². The predicted molar refractivity (Wildman–Crippen MR) is 75.5 cm³/mol. The molecule has 1 fully saturated rings. The van der Waals surface area contributed by atoms with Gasteiger partial charge in [-0.2, -0.15) is 0 Å². The Morgan fingerprint density at radius 2 is 2.22 bits per heavy atom. The molecule has 0 amide bonds. The topological polar surface area (TPSA) is 28.2 Å². The van der Waals surface area contributed by atoms with Gasteiger partial charge < -0.3 is 5.32 Å². The van der Waals surface area contributed by atoms with Crippen LogP contribution in [0.1, 0.15) is 37.8 Å². The Morgan fingerprint density at radius 1 is 1.39 bits per heavy atom. The van der Waals surface area contributed by atoms with Crippen LogP contribution in [0, 0.1) is 6.92 Å². The summed E-state index contributed by atoms with van der Waals surface area (Å²) in [6.07, 6.45) is 6.31. The van der Waals surface area contributed by atoms with Crippen LogP contribution in [0.2, 0.25) is 0 Å². The first-order valence-corrected chi connectivity index (χ1v) is 7.11. The van der Waals surface area contributed by atoms with Gasteiger partial charge in [0, 0.05) is 44.1 Å². The fraction of sp³-hybridized carbons (Fsp3) is 0.667. The molecule has 0 aromatic carbocycles. The summed E-state index contributed by atoms with van der Waals surface area (Å²) in [5.74, 6) is 0. The number of nitrogens with zero attached hydrogens (tertiary/aromatic N) is 2. The lowest BCUT2D eigenvalue weighted by molar-refractivity contribution is 0.117. The van der Waals surface area contributed by atoms with Crippen molar-refractivity contribution in [1.29, 1.82) is 0 Å². The first-order chi connectivity index (χ1) is 8.74. The largest absolute Gasteiger partial charge is 0.311 e. The van der Waals surface area contributed by atoms with E-state index in [0.717, 1.165) is 19.6 Å². The average Bonchev–Trinajstić information content (AvgIpc) is 2.41. The molecule has 2 heterocycles. The highest BCUT2D eigenvalue weighted by molar-refractivity contribution is 5.21. The minimum absolute atomic E-state index is 0.643. The number of rotatable bonds is 4. The molecule has 1 N–H and O–H groups in total. The third-order valence-electron chi connectivity index (χ3n) is 4.10. The maximum atomic E-state index is 4.26. The van der Waals surface area contributed by atoms with Crippen LogP contribution in [0.4, 0.5) is 0 Å². The highest BCUT2D eigenvalue weighted by Gasteiger charge is 2.25. The highest BCUT2D eigenvalue weighted by atomic mass is 15.2.